The number of nitrogens with one attached hydrogen (secondary N) is 1. The third-order valence-corrected chi connectivity index (χ3v) is 8.69. The van der Waals surface area contributed by atoms with E-state index in [1.807, 2.05) is 30.3 Å². The number of hydrogen-bond acceptors (Lipinski definition) is 3. The molecular formula is C29H34N2O2. The minimum atomic E-state index is 0.157. The highest BCUT2D eigenvalue weighted by atomic mass is 16.3. The van der Waals surface area contributed by atoms with Crippen molar-refractivity contribution >= 4 is 22.7 Å². The second-order valence-corrected chi connectivity index (χ2v) is 11.3. The normalized spacial score (nSPS) is 28.8. The van der Waals surface area contributed by atoms with Gasteiger partial charge in [0, 0.05) is 17.7 Å². The van der Waals surface area contributed by atoms with Crippen LogP contribution in [0.25, 0.3) is 22.6 Å². The second kappa shape index (κ2) is 8.00. The Labute approximate surface area is 196 Å². The van der Waals surface area contributed by atoms with Crippen molar-refractivity contribution < 1.29 is 9.21 Å². The molecule has 4 nitrogen and oxygen atoms in total. The molecule has 33 heavy (non-hydrogen) atoms. The Morgan fingerprint density at radius 3 is 2.52 bits per heavy atom. The first kappa shape index (κ1) is 20.9. The van der Waals surface area contributed by atoms with Crippen molar-refractivity contribution in [3.8, 4) is 11.5 Å². The van der Waals surface area contributed by atoms with E-state index in [0.717, 1.165) is 46.5 Å². The molecule has 2 aromatic carbocycles. The molecule has 4 fully saturated rings. The molecule has 4 saturated carbocycles. The van der Waals surface area contributed by atoms with E-state index in [-0.39, 0.29) is 11.3 Å². The van der Waals surface area contributed by atoms with Crippen molar-refractivity contribution in [3.63, 3.8) is 0 Å². The van der Waals surface area contributed by atoms with E-state index in [1.165, 1.54) is 44.1 Å². The summed E-state index contributed by atoms with van der Waals surface area (Å²) in [6.07, 6.45) is 9.77. The van der Waals surface area contributed by atoms with Gasteiger partial charge in [-0.2, -0.15) is 0 Å². The summed E-state index contributed by atoms with van der Waals surface area (Å²) in [6, 6.07) is 14.2. The average Bonchev–Trinajstić information content (AvgIpc) is 3.21. The molecule has 7 rings (SSSR count). The molecule has 0 aliphatic heterocycles. The fourth-order valence-corrected chi connectivity index (χ4v) is 7.39. The van der Waals surface area contributed by atoms with Gasteiger partial charge in [0.05, 0.1) is 0 Å². The minimum Gasteiger partial charge on any atom is -0.436 e. The highest BCUT2D eigenvalue weighted by molar-refractivity contribution is 5.92. The molecule has 0 saturated heterocycles. The first-order chi connectivity index (χ1) is 16.0. The molecule has 0 radical (unpaired) electrons. The van der Waals surface area contributed by atoms with Crippen LogP contribution in [-0.2, 0) is 4.79 Å². The monoisotopic (exact) mass is 442 g/mol. The van der Waals surface area contributed by atoms with E-state index < -0.39 is 0 Å². The lowest BCUT2D eigenvalue weighted by Gasteiger charge is -2.56. The van der Waals surface area contributed by atoms with Gasteiger partial charge in [-0.25, -0.2) is 4.98 Å². The maximum absolute atomic E-state index is 13.1. The van der Waals surface area contributed by atoms with Gasteiger partial charge in [-0.05, 0) is 110 Å². The van der Waals surface area contributed by atoms with Crippen LogP contribution in [0.4, 0.5) is 5.69 Å². The van der Waals surface area contributed by atoms with Gasteiger partial charge in [0.25, 0.3) is 0 Å². The second-order valence-electron chi connectivity index (χ2n) is 11.3. The van der Waals surface area contributed by atoms with E-state index in [9.17, 15) is 4.79 Å². The fourth-order valence-electron chi connectivity index (χ4n) is 7.39. The molecule has 4 bridgehead atoms. The number of carbonyl (C=O) groups is 1. The molecule has 1 heterocycles. The highest BCUT2D eigenvalue weighted by Crippen LogP contribution is 2.61. The largest absolute Gasteiger partial charge is 0.436 e. The highest BCUT2D eigenvalue weighted by Gasteiger charge is 2.51. The zero-order valence-electron chi connectivity index (χ0n) is 19.8. The van der Waals surface area contributed by atoms with Crippen LogP contribution in [0.3, 0.4) is 0 Å². The summed E-state index contributed by atoms with van der Waals surface area (Å²) in [4.78, 5) is 17.8. The Morgan fingerprint density at radius 2 is 1.82 bits per heavy atom. The van der Waals surface area contributed by atoms with Gasteiger partial charge in [0.15, 0.2) is 5.58 Å². The molecule has 172 valence electrons. The molecule has 1 N–H and O–H groups in total. The number of oxazole rings is 1. The first-order valence-electron chi connectivity index (χ1n) is 12.8. The molecule has 1 amide bonds. The summed E-state index contributed by atoms with van der Waals surface area (Å²) in [6.45, 7) is 4.43. The summed E-state index contributed by atoms with van der Waals surface area (Å²) in [5.74, 6) is 3.86. The van der Waals surface area contributed by atoms with Crippen LogP contribution in [0, 0.1) is 23.2 Å². The Morgan fingerprint density at radius 1 is 1.09 bits per heavy atom. The number of nitrogens with zero attached hydrogens (tertiary/aromatic N) is 1. The van der Waals surface area contributed by atoms with Gasteiger partial charge in [0.1, 0.15) is 5.52 Å². The third-order valence-electron chi connectivity index (χ3n) is 8.69. The molecule has 1 atom stereocenters. The van der Waals surface area contributed by atoms with Crippen molar-refractivity contribution in [2.75, 3.05) is 5.32 Å². The fraction of sp³-hybridized carbons (Fsp3) is 0.517. The zero-order valence-corrected chi connectivity index (χ0v) is 19.8. The number of aromatic nitrogens is 1. The summed E-state index contributed by atoms with van der Waals surface area (Å²) in [5.41, 5.74) is 4.95. The van der Waals surface area contributed by atoms with Crippen LogP contribution in [-0.4, -0.2) is 10.9 Å². The Balaban J connectivity index is 1.18. The topological polar surface area (TPSA) is 55.1 Å². The maximum atomic E-state index is 13.1. The summed E-state index contributed by atoms with van der Waals surface area (Å²) in [5, 5.41) is 3.18. The van der Waals surface area contributed by atoms with Gasteiger partial charge < -0.3 is 9.73 Å². The predicted molar refractivity (Wildman–Crippen MR) is 132 cm³/mol. The first-order valence-corrected chi connectivity index (χ1v) is 12.8. The van der Waals surface area contributed by atoms with E-state index in [0.29, 0.717) is 18.2 Å². The summed E-state index contributed by atoms with van der Waals surface area (Å²) < 4.78 is 6.05. The Bertz CT molecular complexity index is 1160. The number of fused-ring (bicyclic) bond motifs is 1. The number of amides is 1. The lowest BCUT2D eigenvalue weighted by atomic mass is 9.49. The summed E-state index contributed by atoms with van der Waals surface area (Å²) >= 11 is 0. The van der Waals surface area contributed by atoms with Gasteiger partial charge in [0.2, 0.25) is 11.8 Å². The quantitative estimate of drug-likeness (QED) is 0.429. The standard InChI is InChI=1S/C29H34N2O2/c1-3-18(2)22-7-8-26-25(13-22)31-28(33-26)23-5-4-6-24(12-23)30-27(32)17-29-14-19-9-20(15-29)11-21(10-19)16-29/h4-8,12-13,18-21H,3,9-11,14-17H2,1-2H3,(H,30,32). The van der Waals surface area contributed by atoms with Crippen LogP contribution in [0.15, 0.2) is 46.9 Å². The average molecular weight is 443 g/mol. The molecule has 0 spiro atoms. The number of anilines is 1. The van der Waals surface area contributed by atoms with Gasteiger partial charge in [-0.3, -0.25) is 4.79 Å². The third kappa shape index (κ3) is 3.98. The van der Waals surface area contributed by atoms with Crippen LogP contribution in [0.2, 0.25) is 0 Å². The number of rotatable bonds is 6. The maximum Gasteiger partial charge on any atom is 0.227 e. The molecule has 1 aromatic heterocycles. The number of carbonyl (C=O) groups excluding carboxylic acids is 1. The van der Waals surface area contributed by atoms with E-state index >= 15 is 0 Å². The smallest absolute Gasteiger partial charge is 0.227 e. The molecular weight excluding hydrogens is 408 g/mol. The molecule has 4 aliphatic carbocycles. The molecule has 4 aliphatic rings. The SMILES string of the molecule is CCC(C)c1ccc2oc(-c3cccc(NC(=O)CC45CC6CC(CC(C6)C4)C5)c3)nc2c1. The molecule has 1 unspecified atom stereocenters. The van der Waals surface area contributed by atoms with E-state index in [4.69, 9.17) is 9.40 Å². The predicted octanol–water partition coefficient (Wildman–Crippen LogP) is 7.55. The Hall–Kier alpha value is -2.62. The van der Waals surface area contributed by atoms with E-state index in [1.54, 1.807) is 0 Å². The summed E-state index contributed by atoms with van der Waals surface area (Å²) in [7, 11) is 0. The lowest BCUT2D eigenvalue weighted by Crippen LogP contribution is -2.47. The number of hydrogen-bond donors (Lipinski definition) is 1. The van der Waals surface area contributed by atoms with Crippen LogP contribution >= 0.6 is 0 Å². The number of benzene rings is 2. The van der Waals surface area contributed by atoms with Crippen molar-refractivity contribution in [1.29, 1.82) is 0 Å². The Kier molecular flexibility index (Phi) is 5.08. The van der Waals surface area contributed by atoms with Gasteiger partial charge in [-0.1, -0.05) is 26.0 Å². The zero-order chi connectivity index (χ0) is 22.6. The molecule has 3 aromatic rings. The molecule has 4 heteroatoms. The van der Waals surface area contributed by atoms with E-state index in [2.05, 4.69) is 31.3 Å². The van der Waals surface area contributed by atoms with Gasteiger partial charge in [-0.15, -0.1) is 0 Å². The van der Waals surface area contributed by atoms with Crippen LogP contribution in [0.1, 0.15) is 76.7 Å². The lowest BCUT2D eigenvalue weighted by molar-refractivity contribution is -0.124. The van der Waals surface area contributed by atoms with Crippen molar-refractivity contribution in [3.05, 3.63) is 48.0 Å². The van der Waals surface area contributed by atoms with Crippen molar-refractivity contribution in [1.82, 2.24) is 4.98 Å². The van der Waals surface area contributed by atoms with Crippen LogP contribution in [0.5, 0.6) is 0 Å². The van der Waals surface area contributed by atoms with Crippen molar-refractivity contribution in [2.45, 2.75) is 71.1 Å². The van der Waals surface area contributed by atoms with Crippen LogP contribution < -0.4 is 5.32 Å². The van der Waals surface area contributed by atoms with Crippen molar-refractivity contribution in [2.24, 2.45) is 23.2 Å². The minimum absolute atomic E-state index is 0.157. The van der Waals surface area contributed by atoms with Gasteiger partial charge >= 0.3 is 0 Å².